The number of carboxylic acids is 1. The Bertz CT molecular complexity index is 111. The molecule has 52 valence electrons. The van der Waals surface area contributed by atoms with Crippen molar-refractivity contribution in [3.63, 3.8) is 0 Å². The largest absolute Gasteiger partial charge is 0.477 e. The van der Waals surface area contributed by atoms with Crippen molar-refractivity contribution in [2.24, 2.45) is 4.99 Å². The van der Waals surface area contributed by atoms with E-state index in [1.165, 1.54) is 7.11 Å². The van der Waals surface area contributed by atoms with Gasteiger partial charge in [-0.2, -0.15) is 0 Å². The van der Waals surface area contributed by atoms with Crippen LogP contribution < -0.4 is 0 Å². The number of aliphatic carboxylic acids is 1. The Labute approximate surface area is 53.2 Å². The molecule has 4 heteroatoms. The van der Waals surface area contributed by atoms with Crippen LogP contribution in [0.3, 0.4) is 0 Å². The van der Waals surface area contributed by atoms with Crippen LogP contribution in [0.25, 0.3) is 0 Å². The van der Waals surface area contributed by atoms with E-state index >= 15 is 0 Å². The number of hydrogen-bond donors (Lipinski definition) is 1. The normalized spacial score (nSPS) is 10.3. The van der Waals surface area contributed by atoms with E-state index in [1.807, 2.05) is 0 Å². The number of carbonyl (C=O) groups is 1. The number of methoxy groups -OCH3 is 1. The number of rotatable bonds is 4. The van der Waals surface area contributed by atoms with Crippen molar-refractivity contribution in [1.82, 2.24) is 0 Å². The lowest BCUT2D eigenvalue weighted by molar-refractivity contribution is -0.128. The van der Waals surface area contributed by atoms with Gasteiger partial charge in [0.2, 0.25) is 0 Å². The molecule has 9 heavy (non-hydrogen) atoms. The molecule has 0 unspecified atom stereocenters. The summed E-state index contributed by atoms with van der Waals surface area (Å²) in [4.78, 5) is 13.3. The molecule has 0 aliphatic heterocycles. The topological polar surface area (TPSA) is 58.9 Å². The van der Waals surface area contributed by atoms with Crippen LogP contribution in [-0.4, -0.2) is 37.6 Å². The lowest BCUT2D eigenvalue weighted by atomic mass is 10.7. The van der Waals surface area contributed by atoms with Gasteiger partial charge in [0.25, 0.3) is 0 Å². The Kier molecular flexibility index (Phi) is 4.72. The summed E-state index contributed by atoms with van der Waals surface area (Å²) in [7, 11) is 1.54. The Morgan fingerprint density at radius 1 is 1.89 bits per heavy atom. The van der Waals surface area contributed by atoms with Crippen molar-refractivity contribution in [2.75, 3.05) is 20.3 Å². The average Bonchev–Trinajstić information content (AvgIpc) is 1.80. The zero-order chi connectivity index (χ0) is 7.11. The highest BCUT2D eigenvalue weighted by molar-refractivity contribution is 6.21. The molecule has 0 heterocycles. The summed E-state index contributed by atoms with van der Waals surface area (Å²) in [5.74, 6) is -1.02. The van der Waals surface area contributed by atoms with Gasteiger partial charge < -0.3 is 9.84 Å². The van der Waals surface area contributed by atoms with Gasteiger partial charge in [-0.05, 0) is 0 Å². The van der Waals surface area contributed by atoms with Crippen molar-refractivity contribution in [2.45, 2.75) is 0 Å². The van der Waals surface area contributed by atoms with Crippen molar-refractivity contribution in [1.29, 1.82) is 0 Å². The molecule has 0 aromatic carbocycles. The van der Waals surface area contributed by atoms with E-state index in [1.54, 1.807) is 0 Å². The van der Waals surface area contributed by atoms with Crippen LogP contribution >= 0.6 is 0 Å². The van der Waals surface area contributed by atoms with Crippen molar-refractivity contribution in [3.05, 3.63) is 0 Å². The monoisotopic (exact) mass is 131 g/mol. The predicted octanol–water partition coefficient (Wildman–Crippen LogP) is -0.212. The number of carboxylic acid groups (broad SMARTS) is 1. The van der Waals surface area contributed by atoms with Gasteiger partial charge in [-0.25, -0.2) is 4.79 Å². The third kappa shape index (κ3) is 7.10. The van der Waals surface area contributed by atoms with Crippen LogP contribution in [0.15, 0.2) is 4.99 Å². The minimum absolute atomic E-state index is 0.406. The lowest BCUT2D eigenvalue weighted by Crippen LogP contribution is -1.98. The summed E-state index contributed by atoms with van der Waals surface area (Å²) in [6.45, 7) is 0.868. The molecule has 0 saturated carbocycles. The minimum atomic E-state index is -1.02. The van der Waals surface area contributed by atoms with Gasteiger partial charge in [0.15, 0.2) is 0 Å². The van der Waals surface area contributed by atoms with Gasteiger partial charge in [-0.3, -0.25) is 4.99 Å². The maximum atomic E-state index is 9.77. The molecule has 0 radical (unpaired) electrons. The van der Waals surface area contributed by atoms with Gasteiger partial charge in [0, 0.05) is 7.11 Å². The average molecular weight is 131 g/mol. The summed E-state index contributed by atoms with van der Waals surface area (Å²) < 4.78 is 4.62. The molecule has 1 N–H and O–H groups in total. The second-order valence-electron chi connectivity index (χ2n) is 1.37. The van der Waals surface area contributed by atoms with Gasteiger partial charge in [-0.15, -0.1) is 0 Å². The van der Waals surface area contributed by atoms with Gasteiger partial charge >= 0.3 is 5.97 Å². The highest BCUT2D eigenvalue weighted by atomic mass is 16.5. The maximum absolute atomic E-state index is 9.77. The Balaban J connectivity index is 3.15. The first-order valence-electron chi connectivity index (χ1n) is 2.49. The molecule has 0 atom stereocenters. The molecule has 0 rings (SSSR count). The van der Waals surface area contributed by atoms with Crippen LogP contribution in [0.5, 0.6) is 0 Å². The minimum Gasteiger partial charge on any atom is -0.477 e. The third-order valence-corrected chi connectivity index (χ3v) is 0.626. The number of nitrogens with zero attached hydrogens (tertiary/aromatic N) is 1. The van der Waals surface area contributed by atoms with Gasteiger partial charge in [0.05, 0.1) is 13.2 Å². The van der Waals surface area contributed by atoms with E-state index in [2.05, 4.69) is 9.73 Å². The Hall–Kier alpha value is -0.900. The summed E-state index contributed by atoms with van der Waals surface area (Å²) in [6.07, 6.45) is 0.860. The Morgan fingerprint density at radius 3 is 3.00 bits per heavy atom. The summed E-state index contributed by atoms with van der Waals surface area (Å²) >= 11 is 0. The zero-order valence-corrected chi connectivity index (χ0v) is 5.20. The fourth-order valence-electron chi connectivity index (χ4n) is 0.287. The first-order chi connectivity index (χ1) is 4.27. The SMILES string of the molecule is COCCN=CC(=O)O. The summed E-state index contributed by atoms with van der Waals surface area (Å²) in [6, 6.07) is 0. The second kappa shape index (κ2) is 5.24. The molecule has 0 spiro atoms. The van der Waals surface area contributed by atoms with Crippen molar-refractivity contribution < 1.29 is 14.6 Å². The van der Waals surface area contributed by atoms with Crippen LogP contribution in [0.2, 0.25) is 0 Å². The molecule has 0 amide bonds. The standard InChI is InChI=1S/C5H9NO3/c1-9-3-2-6-4-5(7)8/h4H,2-3H2,1H3,(H,7,8). The van der Waals surface area contributed by atoms with Gasteiger partial charge in [-0.1, -0.05) is 0 Å². The fourth-order valence-corrected chi connectivity index (χ4v) is 0.287. The first kappa shape index (κ1) is 8.10. The molecule has 0 aliphatic rings. The number of ether oxygens (including phenoxy) is 1. The molecule has 4 nitrogen and oxygen atoms in total. The maximum Gasteiger partial charge on any atom is 0.346 e. The van der Waals surface area contributed by atoms with Crippen LogP contribution in [0, 0.1) is 0 Å². The van der Waals surface area contributed by atoms with Gasteiger partial charge in [0.1, 0.15) is 6.21 Å². The van der Waals surface area contributed by atoms with E-state index in [9.17, 15) is 4.79 Å². The van der Waals surface area contributed by atoms with Crippen LogP contribution in [-0.2, 0) is 9.53 Å². The Morgan fingerprint density at radius 2 is 2.56 bits per heavy atom. The highest BCUT2D eigenvalue weighted by Crippen LogP contribution is 1.69. The molecule has 0 aromatic heterocycles. The molecular weight excluding hydrogens is 122 g/mol. The van der Waals surface area contributed by atoms with E-state index in [4.69, 9.17) is 5.11 Å². The van der Waals surface area contributed by atoms with E-state index in [-0.39, 0.29) is 0 Å². The first-order valence-corrected chi connectivity index (χ1v) is 2.49. The van der Waals surface area contributed by atoms with Crippen molar-refractivity contribution >= 4 is 12.2 Å². The van der Waals surface area contributed by atoms with Crippen molar-refractivity contribution in [3.8, 4) is 0 Å². The highest BCUT2D eigenvalue weighted by Gasteiger charge is 1.84. The summed E-state index contributed by atoms with van der Waals surface area (Å²) in [5, 5.41) is 8.02. The lowest BCUT2D eigenvalue weighted by Gasteiger charge is -1.88. The van der Waals surface area contributed by atoms with E-state index in [0.717, 1.165) is 6.21 Å². The molecule has 0 fully saturated rings. The van der Waals surface area contributed by atoms with E-state index < -0.39 is 5.97 Å². The number of hydrogen-bond acceptors (Lipinski definition) is 3. The smallest absolute Gasteiger partial charge is 0.346 e. The molecule has 0 bridgehead atoms. The molecule has 0 aromatic rings. The second-order valence-corrected chi connectivity index (χ2v) is 1.37. The molecule has 0 aliphatic carbocycles. The van der Waals surface area contributed by atoms with E-state index in [0.29, 0.717) is 13.2 Å². The zero-order valence-electron chi connectivity index (χ0n) is 5.20. The van der Waals surface area contributed by atoms with Crippen LogP contribution in [0.1, 0.15) is 0 Å². The number of aliphatic imine (C=N–C) groups is 1. The van der Waals surface area contributed by atoms with Crippen LogP contribution in [0.4, 0.5) is 0 Å². The molecule has 0 saturated heterocycles. The summed E-state index contributed by atoms with van der Waals surface area (Å²) in [5.41, 5.74) is 0. The third-order valence-electron chi connectivity index (χ3n) is 0.626. The fraction of sp³-hybridized carbons (Fsp3) is 0.600. The quantitative estimate of drug-likeness (QED) is 0.424. The molecular formula is C5H9NO3. The predicted molar refractivity (Wildman–Crippen MR) is 32.9 cm³/mol.